The average Bonchev–Trinajstić information content (AvgIpc) is 2.52. The Morgan fingerprint density at radius 2 is 1.82 bits per heavy atom. The molecule has 0 aromatic heterocycles. The molecule has 0 saturated carbocycles. The maximum absolute atomic E-state index is 10.9. The molecule has 0 aliphatic rings. The van der Waals surface area contributed by atoms with Crippen molar-refractivity contribution in [2.24, 2.45) is 4.99 Å². The number of benzene rings is 2. The Balaban J connectivity index is 2.44. The summed E-state index contributed by atoms with van der Waals surface area (Å²) >= 11 is 0. The summed E-state index contributed by atoms with van der Waals surface area (Å²) in [6.07, 6.45) is 1.28. The van der Waals surface area contributed by atoms with Crippen molar-refractivity contribution in [2.75, 3.05) is 7.11 Å². The van der Waals surface area contributed by atoms with Gasteiger partial charge in [-0.25, -0.2) is 0 Å². The molecule has 0 unspecified atom stereocenters. The maximum atomic E-state index is 10.9. The smallest absolute Gasteiger partial charge is 0.278 e. The summed E-state index contributed by atoms with van der Waals surface area (Å²) in [5.74, 6) is 0.334. The SMILES string of the molecule is COc1ccc([N+](=O)[O-])cc1N=Cc1ccccc1[N+](=O)[O-]. The van der Waals surface area contributed by atoms with Gasteiger partial charge in [0.05, 0.1) is 22.5 Å². The fourth-order valence-corrected chi connectivity index (χ4v) is 1.79. The first-order chi connectivity index (χ1) is 10.5. The van der Waals surface area contributed by atoms with Gasteiger partial charge in [0.1, 0.15) is 11.4 Å². The fourth-order valence-electron chi connectivity index (χ4n) is 1.79. The lowest BCUT2D eigenvalue weighted by Gasteiger charge is -2.03. The molecule has 0 aliphatic carbocycles. The first-order valence-corrected chi connectivity index (χ1v) is 6.13. The van der Waals surface area contributed by atoms with Crippen LogP contribution in [0.4, 0.5) is 17.1 Å². The van der Waals surface area contributed by atoms with Crippen molar-refractivity contribution >= 4 is 23.3 Å². The molecule has 22 heavy (non-hydrogen) atoms. The monoisotopic (exact) mass is 301 g/mol. The number of hydrogen-bond donors (Lipinski definition) is 0. The number of nitrogens with zero attached hydrogens (tertiary/aromatic N) is 3. The van der Waals surface area contributed by atoms with E-state index in [4.69, 9.17) is 4.74 Å². The molecule has 0 spiro atoms. The molecule has 8 heteroatoms. The van der Waals surface area contributed by atoms with E-state index in [1.807, 2.05) is 0 Å². The van der Waals surface area contributed by atoms with E-state index in [2.05, 4.69) is 4.99 Å². The number of para-hydroxylation sites is 1. The Kier molecular flexibility index (Phi) is 4.42. The van der Waals surface area contributed by atoms with E-state index in [9.17, 15) is 20.2 Å². The van der Waals surface area contributed by atoms with Gasteiger partial charge in [0, 0.05) is 24.4 Å². The number of methoxy groups -OCH3 is 1. The highest BCUT2D eigenvalue weighted by Gasteiger charge is 2.12. The molecule has 0 heterocycles. The minimum Gasteiger partial charge on any atom is -0.494 e. The summed E-state index contributed by atoms with van der Waals surface area (Å²) in [5, 5.41) is 21.7. The van der Waals surface area contributed by atoms with E-state index < -0.39 is 9.85 Å². The van der Waals surface area contributed by atoms with Crippen LogP contribution < -0.4 is 4.74 Å². The van der Waals surface area contributed by atoms with Gasteiger partial charge in [0.2, 0.25) is 0 Å². The normalized spacial score (nSPS) is 10.6. The van der Waals surface area contributed by atoms with Crippen LogP contribution in [0.5, 0.6) is 5.75 Å². The van der Waals surface area contributed by atoms with Crippen LogP contribution >= 0.6 is 0 Å². The third-order valence-electron chi connectivity index (χ3n) is 2.85. The number of ether oxygens (including phenoxy) is 1. The van der Waals surface area contributed by atoms with E-state index in [0.29, 0.717) is 11.3 Å². The molecule has 2 rings (SSSR count). The predicted molar refractivity (Wildman–Crippen MR) is 80.0 cm³/mol. The molecule has 0 N–H and O–H groups in total. The Hall–Kier alpha value is -3.29. The summed E-state index contributed by atoms with van der Waals surface area (Å²) in [7, 11) is 1.41. The molecule has 0 saturated heterocycles. The lowest BCUT2D eigenvalue weighted by atomic mass is 10.2. The van der Waals surface area contributed by atoms with Crippen molar-refractivity contribution in [3.05, 3.63) is 68.3 Å². The van der Waals surface area contributed by atoms with E-state index in [0.717, 1.165) is 0 Å². The summed E-state index contributed by atoms with van der Waals surface area (Å²) in [5.41, 5.74) is 0.266. The van der Waals surface area contributed by atoms with Crippen LogP contribution in [0, 0.1) is 20.2 Å². The molecule has 0 radical (unpaired) electrons. The van der Waals surface area contributed by atoms with E-state index >= 15 is 0 Å². The van der Waals surface area contributed by atoms with Crippen LogP contribution in [0.1, 0.15) is 5.56 Å². The van der Waals surface area contributed by atoms with Crippen LogP contribution in [0.2, 0.25) is 0 Å². The molecule has 0 bridgehead atoms. The topological polar surface area (TPSA) is 108 Å². The molecule has 112 valence electrons. The van der Waals surface area contributed by atoms with Crippen molar-refractivity contribution < 1.29 is 14.6 Å². The van der Waals surface area contributed by atoms with Crippen LogP contribution in [0.3, 0.4) is 0 Å². The second kappa shape index (κ2) is 6.44. The average molecular weight is 301 g/mol. The number of rotatable bonds is 5. The Morgan fingerprint density at radius 1 is 1.09 bits per heavy atom. The quantitative estimate of drug-likeness (QED) is 0.478. The number of aliphatic imine (C=N–C) groups is 1. The van der Waals surface area contributed by atoms with Crippen LogP contribution in [0.25, 0.3) is 0 Å². The van der Waals surface area contributed by atoms with Crippen molar-refractivity contribution in [3.63, 3.8) is 0 Å². The maximum Gasteiger partial charge on any atom is 0.278 e. The third-order valence-corrected chi connectivity index (χ3v) is 2.85. The van der Waals surface area contributed by atoms with Gasteiger partial charge in [-0.05, 0) is 12.1 Å². The molecule has 0 amide bonds. The van der Waals surface area contributed by atoms with Crippen molar-refractivity contribution in [2.45, 2.75) is 0 Å². The van der Waals surface area contributed by atoms with Crippen LogP contribution in [0.15, 0.2) is 47.5 Å². The molecule has 0 aliphatic heterocycles. The highest BCUT2D eigenvalue weighted by atomic mass is 16.6. The standard InChI is InChI=1S/C14H11N3O5/c1-22-14-7-6-11(16(18)19)8-12(14)15-9-10-4-2-3-5-13(10)17(20)21/h2-9H,1H3. The van der Waals surface area contributed by atoms with Crippen molar-refractivity contribution in [3.8, 4) is 5.75 Å². The van der Waals surface area contributed by atoms with Crippen LogP contribution in [-0.2, 0) is 0 Å². The lowest BCUT2D eigenvalue weighted by molar-refractivity contribution is -0.385. The third kappa shape index (κ3) is 3.23. The van der Waals surface area contributed by atoms with Gasteiger partial charge in [0.25, 0.3) is 11.4 Å². The Labute approximate surface area is 125 Å². The molecule has 0 fully saturated rings. The molecule has 2 aromatic rings. The van der Waals surface area contributed by atoms with Crippen molar-refractivity contribution in [1.29, 1.82) is 0 Å². The number of hydrogen-bond acceptors (Lipinski definition) is 6. The Morgan fingerprint density at radius 3 is 2.45 bits per heavy atom. The van der Waals surface area contributed by atoms with Crippen LogP contribution in [-0.4, -0.2) is 23.2 Å². The van der Waals surface area contributed by atoms with Gasteiger partial charge in [-0.1, -0.05) is 12.1 Å². The summed E-state index contributed by atoms with van der Waals surface area (Å²) in [6, 6.07) is 10.0. The van der Waals surface area contributed by atoms with Gasteiger partial charge >= 0.3 is 0 Å². The largest absolute Gasteiger partial charge is 0.494 e. The second-order valence-electron chi connectivity index (χ2n) is 4.19. The summed E-state index contributed by atoms with van der Waals surface area (Å²) < 4.78 is 5.08. The van der Waals surface area contributed by atoms with Gasteiger partial charge in [-0.3, -0.25) is 25.2 Å². The first-order valence-electron chi connectivity index (χ1n) is 6.13. The fraction of sp³-hybridized carbons (Fsp3) is 0.0714. The zero-order chi connectivity index (χ0) is 16.1. The van der Waals surface area contributed by atoms with Gasteiger partial charge in [0.15, 0.2) is 0 Å². The lowest BCUT2D eigenvalue weighted by Crippen LogP contribution is -1.94. The van der Waals surface area contributed by atoms with Gasteiger partial charge < -0.3 is 4.74 Å². The minimum absolute atomic E-state index is 0.101. The first kappa shape index (κ1) is 15.1. The van der Waals surface area contributed by atoms with E-state index in [-0.39, 0.29) is 17.1 Å². The van der Waals surface area contributed by atoms with E-state index in [1.165, 1.54) is 43.7 Å². The number of non-ortho nitro benzene ring substituents is 1. The van der Waals surface area contributed by atoms with Crippen molar-refractivity contribution in [1.82, 2.24) is 0 Å². The van der Waals surface area contributed by atoms with E-state index in [1.54, 1.807) is 12.1 Å². The molecule has 8 nitrogen and oxygen atoms in total. The number of nitro groups is 2. The Bertz CT molecular complexity index is 758. The summed E-state index contributed by atoms with van der Waals surface area (Å²) in [4.78, 5) is 24.7. The highest BCUT2D eigenvalue weighted by Crippen LogP contribution is 2.31. The van der Waals surface area contributed by atoms with Gasteiger partial charge in [-0.15, -0.1) is 0 Å². The zero-order valence-corrected chi connectivity index (χ0v) is 11.5. The molecular formula is C14H11N3O5. The molecule has 2 aromatic carbocycles. The van der Waals surface area contributed by atoms with Gasteiger partial charge in [-0.2, -0.15) is 0 Å². The molecular weight excluding hydrogens is 290 g/mol. The highest BCUT2D eigenvalue weighted by molar-refractivity contribution is 5.87. The molecule has 0 atom stereocenters. The summed E-state index contributed by atoms with van der Waals surface area (Å²) in [6.45, 7) is 0. The second-order valence-corrected chi connectivity index (χ2v) is 4.19. The number of nitro benzene ring substituents is 2. The minimum atomic E-state index is -0.552. The zero-order valence-electron chi connectivity index (χ0n) is 11.5. The predicted octanol–water partition coefficient (Wildman–Crippen LogP) is 3.26.